The fourth-order valence-corrected chi connectivity index (χ4v) is 2.40. The number of aromatic nitrogens is 2. The molecule has 0 aliphatic rings. The quantitative estimate of drug-likeness (QED) is 0.802. The molecule has 0 amide bonds. The summed E-state index contributed by atoms with van der Waals surface area (Å²) in [5, 5.41) is 9.21. The molecule has 2 heterocycles. The molecule has 0 saturated carbocycles. The van der Waals surface area contributed by atoms with Crippen molar-refractivity contribution in [3.8, 4) is 6.07 Å². The van der Waals surface area contributed by atoms with E-state index in [2.05, 4.69) is 27.0 Å². The maximum absolute atomic E-state index is 9.21. The van der Waals surface area contributed by atoms with Gasteiger partial charge in [0.25, 0.3) is 0 Å². The Kier molecular flexibility index (Phi) is 2.73. The summed E-state index contributed by atoms with van der Waals surface area (Å²) >= 11 is 3.48. The Labute approximate surface area is 103 Å². The van der Waals surface area contributed by atoms with Gasteiger partial charge in [-0.05, 0) is 40.4 Å². The van der Waals surface area contributed by atoms with Gasteiger partial charge in [-0.15, -0.1) is 0 Å². The Bertz CT molecular complexity index is 590. The highest BCUT2D eigenvalue weighted by Gasteiger charge is 2.16. The van der Waals surface area contributed by atoms with Gasteiger partial charge < -0.3 is 0 Å². The third-order valence-corrected chi connectivity index (χ3v) is 3.08. The van der Waals surface area contributed by atoms with Gasteiger partial charge >= 0.3 is 0 Å². The fraction of sp³-hybridized carbons (Fsp3) is 0.333. The molecule has 0 N–H and O–H groups in total. The number of pyridine rings is 1. The smallest absolute Gasteiger partial charge is 0.152 e. The van der Waals surface area contributed by atoms with Crippen molar-refractivity contribution >= 4 is 21.6 Å². The van der Waals surface area contributed by atoms with Crippen molar-refractivity contribution < 1.29 is 0 Å². The number of fused-ring (bicyclic) bond motifs is 1. The molecular formula is C12H12BrN3. The van der Waals surface area contributed by atoms with Crippen LogP contribution in [0.1, 0.15) is 36.7 Å². The van der Waals surface area contributed by atoms with Gasteiger partial charge in [0.1, 0.15) is 11.8 Å². The van der Waals surface area contributed by atoms with E-state index in [1.807, 2.05) is 37.4 Å². The second kappa shape index (κ2) is 3.91. The summed E-state index contributed by atoms with van der Waals surface area (Å²) in [5.41, 5.74) is 3.40. The van der Waals surface area contributed by atoms with Gasteiger partial charge in [-0.3, -0.25) is 4.40 Å². The molecule has 16 heavy (non-hydrogen) atoms. The van der Waals surface area contributed by atoms with Crippen molar-refractivity contribution in [1.82, 2.24) is 9.38 Å². The molecule has 3 nitrogen and oxygen atoms in total. The molecule has 2 aromatic heterocycles. The first kappa shape index (κ1) is 11.2. The number of hydrogen-bond donors (Lipinski definition) is 0. The Morgan fingerprint density at radius 3 is 2.75 bits per heavy atom. The zero-order valence-corrected chi connectivity index (χ0v) is 11.0. The number of imidazole rings is 1. The van der Waals surface area contributed by atoms with Crippen LogP contribution in [0.15, 0.2) is 16.7 Å². The molecule has 2 aromatic rings. The van der Waals surface area contributed by atoms with Gasteiger partial charge in [-0.2, -0.15) is 5.26 Å². The van der Waals surface area contributed by atoms with E-state index in [-0.39, 0.29) is 5.92 Å². The molecule has 82 valence electrons. The van der Waals surface area contributed by atoms with Crippen LogP contribution in [0.5, 0.6) is 0 Å². The SMILES string of the molecule is Cc1cc(Br)c2nc(C(C)C)c(C#N)n2c1. The van der Waals surface area contributed by atoms with E-state index in [1.54, 1.807) is 0 Å². The molecular weight excluding hydrogens is 266 g/mol. The molecule has 4 heteroatoms. The van der Waals surface area contributed by atoms with Gasteiger partial charge in [0.15, 0.2) is 5.65 Å². The number of halogens is 1. The van der Waals surface area contributed by atoms with Crippen molar-refractivity contribution in [3.05, 3.63) is 33.7 Å². The normalized spacial score (nSPS) is 11.0. The second-order valence-electron chi connectivity index (χ2n) is 4.17. The summed E-state index contributed by atoms with van der Waals surface area (Å²) in [7, 11) is 0. The van der Waals surface area contributed by atoms with E-state index in [1.165, 1.54) is 0 Å². The summed E-state index contributed by atoms with van der Waals surface area (Å²) in [6.45, 7) is 6.09. The van der Waals surface area contributed by atoms with Crippen molar-refractivity contribution in [2.24, 2.45) is 0 Å². The molecule has 0 atom stereocenters. The average Bonchev–Trinajstić information content (AvgIpc) is 2.56. The number of rotatable bonds is 1. The highest BCUT2D eigenvalue weighted by molar-refractivity contribution is 9.10. The molecule has 0 spiro atoms. The third-order valence-electron chi connectivity index (χ3n) is 2.49. The lowest BCUT2D eigenvalue weighted by molar-refractivity contribution is 0.829. The summed E-state index contributed by atoms with van der Waals surface area (Å²) in [5.74, 6) is 0.252. The van der Waals surface area contributed by atoms with Crippen molar-refractivity contribution in [1.29, 1.82) is 5.26 Å². The predicted octanol–water partition coefficient (Wildman–Crippen LogP) is 3.40. The Morgan fingerprint density at radius 2 is 2.19 bits per heavy atom. The second-order valence-corrected chi connectivity index (χ2v) is 5.03. The topological polar surface area (TPSA) is 41.1 Å². The molecule has 0 fully saturated rings. The van der Waals surface area contributed by atoms with Crippen LogP contribution in [0.3, 0.4) is 0 Å². The standard InChI is InChI=1S/C12H12BrN3/c1-7(2)11-10(5-14)16-6-8(3)4-9(13)12(16)15-11/h4,6-7H,1-3H3. The minimum Gasteiger partial charge on any atom is -0.290 e. The number of aryl methyl sites for hydroxylation is 1. The fourth-order valence-electron chi connectivity index (χ4n) is 1.76. The van der Waals surface area contributed by atoms with E-state index in [0.717, 1.165) is 21.4 Å². The zero-order chi connectivity index (χ0) is 11.9. The number of nitrogens with zero attached hydrogens (tertiary/aromatic N) is 3. The van der Waals surface area contributed by atoms with E-state index in [4.69, 9.17) is 0 Å². The lowest BCUT2D eigenvalue weighted by Crippen LogP contribution is -1.94. The van der Waals surface area contributed by atoms with Gasteiger partial charge in [0, 0.05) is 6.20 Å². The summed E-state index contributed by atoms with van der Waals surface area (Å²) in [4.78, 5) is 4.52. The first-order valence-electron chi connectivity index (χ1n) is 5.12. The van der Waals surface area contributed by atoms with Crippen molar-refractivity contribution in [2.75, 3.05) is 0 Å². The molecule has 2 rings (SSSR count). The third kappa shape index (κ3) is 1.61. The van der Waals surface area contributed by atoms with Gasteiger partial charge in [-0.25, -0.2) is 4.98 Å². The molecule has 0 aromatic carbocycles. The van der Waals surface area contributed by atoms with Crippen LogP contribution < -0.4 is 0 Å². The van der Waals surface area contributed by atoms with Crippen molar-refractivity contribution in [2.45, 2.75) is 26.7 Å². The van der Waals surface area contributed by atoms with Crippen LogP contribution in [0.4, 0.5) is 0 Å². The Hall–Kier alpha value is -1.34. The van der Waals surface area contributed by atoms with E-state index in [0.29, 0.717) is 5.69 Å². The zero-order valence-electron chi connectivity index (χ0n) is 9.45. The average molecular weight is 278 g/mol. The lowest BCUT2D eigenvalue weighted by Gasteiger charge is -2.00. The van der Waals surface area contributed by atoms with Crippen LogP contribution in [-0.4, -0.2) is 9.38 Å². The van der Waals surface area contributed by atoms with Gasteiger partial charge in [-0.1, -0.05) is 13.8 Å². The molecule has 0 radical (unpaired) electrons. The highest BCUT2D eigenvalue weighted by atomic mass is 79.9. The Balaban J connectivity index is 2.89. The van der Waals surface area contributed by atoms with E-state index in [9.17, 15) is 5.26 Å². The molecule has 0 unspecified atom stereocenters. The summed E-state index contributed by atoms with van der Waals surface area (Å²) < 4.78 is 2.78. The molecule has 0 aliphatic carbocycles. The monoisotopic (exact) mass is 277 g/mol. The lowest BCUT2D eigenvalue weighted by atomic mass is 10.1. The maximum Gasteiger partial charge on any atom is 0.152 e. The first-order chi connectivity index (χ1) is 7.54. The van der Waals surface area contributed by atoms with Crippen LogP contribution in [0.2, 0.25) is 0 Å². The predicted molar refractivity (Wildman–Crippen MR) is 66.4 cm³/mol. The first-order valence-corrected chi connectivity index (χ1v) is 5.92. The molecule has 0 saturated heterocycles. The number of nitriles is 1. The van der Waals surface area contributed by atoms with Crippen LogP contribution in [0.25, 0.3) is 5.65 Å². The Morgan fingerprint density at radius 1 is 1.50 bits per heavy atom. The summed E-state index contributed by atoms with van der Waals surface area (Å²) in [6.07, 6.45) is 1.94. The molecule has 0 aliphatic heterocycles. The van der Waals surface area contributed by atoms with Crippen LogP contribution in [-0.2, 0) is 0 Å². The maximum atomic E-state index is 9.21. The van der Waals surface area contributed by atoms with E-state index >= 15 is 0 Å². The minimum absolute atomic E-state index is 0.252. The van der Waals surface area contributed by atoms with Crippen LogP contribution >= 0.6 is 15.9 Å². The highest BCUT2D eigenvalue weighted by Crippen LogP contribution is 2.25. The van der Waals surface area contributed by atoms with Gasteiger partial charge in [0.05, 0.1) is 10.2 Å². The van der Waals surface area contributed by atoms with E-state index < -0.39 is 0 Å². The molecule has 0 bridgehead atoms. The van der Waals surface area contributed by atoms with Gasteiger partial charge in [0.2, 0.25) is 0 Å². The van der Waals surface area contributed by atoms with Crippen LogP contribution in [0, 0.1) is 18.3 Å². The number of hydrogen-bond acceptors (Lipinski definition) is 2. The van der Waals surface area contributed by atoms with Crippen molar-refractivity contribution in [3.63, 3.8) is 0 Å². The largest absolute Gasteiger partial charge is 0.290 e. The summed E-state index contributed by atoms with van der Waals surface area (Å²) in [6, 6.07) is 4.24. The minimum atomic E-state index is 0.252.